The van der Waals surface area contributed by atoms with Crippen LogP contribution in [0, 0.1) is 5.92 Å². The van der Waals surface area contributed by atoms with Crippen molar-refractivity contribution in [2.75, 3.05) is 13.4 Å². The van der Waals surface area contributed by atoms with Crippen molar-refractivity contribution in [1.82, 2.24) is 0 Å². The number of hydrogen-bond donors (Lipinski definition) is 0. The van der Waals surface area contributed by atoms with Gasteiger partial charge in [0.25, 0.3) is 0 Å². The predicted octanol–water partition coefficient (Wildman–Crippen LogP) is 5.71. The maximum atomic E-state index is 6.83. The molecule has 7 heteroatoms. The van der Waals surface area contributed by atoms with Crippen molar-refractivity contribution in [3.05, 3.63) is 23.8 Å². The molecule has 1 aromatic rings. The standard InChI is InChI=1S/C23H38O5Si2/c1-29(2,28-30(3,4)13-10-18-6-9-21-23(14-18)27-21)12-5-11-24-16-19-7-8-20-22(15-19)26-17-25-20/h7-8,15,18,21,23H,5-6,9-14,16-17H2,1-4H3. The first-order chi connectivity index (χ1) is 14.3. The summed E-state index contributed by atoms with van der Waals surface area (Å²) < 4.78 is 29.2. The van der Waals surface area contributed by atoms with Gasteiger partial charge in [-0.3, -0.25) is 0 Å². The zero-order valence-electron chi connectivity index (χ0n) is 19.1. The molecular formula is C23H38O5Si2. The maximum Gasteiger partial charge on any atom is 0.231 e. The van der Waals surface area contributed by atoms with Crippen molar-refractivity contribution in [1.29, 1.82) is 0 Å². The van der Waals surface area contributed by atoms with Crippen molar-refractivity contribution in [2.24, 2.45) is 5.92 Å². The Hall–Kier alpha value is -0.866. The largest absolute Gasteiger partial charge is 0.455 e. The highest BCUT2D eigenvalue weighted by atomic mass is 28.4. The lowest BCUT2D eigenvalue weighted by Gasteiger charge is -2.35. The fraction of sp³-hybridized carbons (Fsp3) is 0.739. The van der Waals surface area contributed by atoms with E-state index >= 15 is 0 Å². The Morgan fingerprint density at radius 3 is 2.60 bits per heavy atom. The maximum absolute atomic E-state index is 6.83. The van der Waals surface area contributed by atoms with E-state index in [0.717, 1.165) is 42.1 Å². The minimum atomic E-state index is -1.65. The number of fused-ring (bicyclic) bond motifs is 2. The molecule has 3 unspecified atom stereocenters. The summed E-state index contributed by atoms with van der Waals surface area (Å²) in [4.78, 5) is 0. The summed E-state index contributed by atoms with van der Waals surface area (Å²) in [6, 6.07) is 8.46. The van der Waals surface area contributed by atoms with Crippen LogP contribution in [0.2, 0.25) is 38.3 Å². The second kappa shape index (κ2) is 9.32. The van der Waals surface area contributed by atoms with E-state index in [1.54, 1.807) is 0 Å². The smallest absolute Gasteiger partial charge is 0.231 e. The van der Waals surface area contributed by atoms with Crippen molar-refractivity contribution in [3.8, 4) is 11.5 Å². The van der Waals surface area contributed by atoms with Gasteiger partial charge in [-0.1, -0.05) is 12.5 Å². The van der Waals surface area contributed by atoms with E-state index in [9.17, 15) is 0 Å². The van der Waals surface area contributed by atoms with Crippen LogP contribution in [0.5, 0.6) is 11.5 Å². The number of benzene rings is 1. The summed E-state index contributed by atoms with van der Waals surface area (Å²) in [6.07, 6.45) is 7.53. The van der Waals surface area contributed by atoms with Gasteiger partial charge in [0, 0.05) is 6.61 Å². The van der Waals surface area contributed by atoms with Gasteiger partial charge in [-0.15, -0.1) is 0 Å². The minimum Gasteiger partial charge on any atom is -0.455 e. The molecule has 1 saturated carbocycles. The SMILES string of the molecule is C[Si](C)(CCCOCc1ccc2c(c1)OCO2)O[Si](C)(C)CCC1CCC2OC2C1. The van der Waals surface area contributed by atoms with E-state index < -0.39 is 16.6 Å². The minimum absolute atomic E-state index is 0.315. The molecule has 0 amide bonds. The van der Waals surface area contributed by atoms with Crippen LogP contribution in [0.4, 0.5) is 0 Å². The Bertz CT molecular complexity index is 724. The summed E-state index contributed by atoms with van der Waals surface area (Å²) in [5.74, 6) is 2.50. The van der Waals surface area contributed by atoms with E-state index in [1.165, 1.54) is 31.7 Å². The summed E-state index contributed by atoms with van der Waals surface area (Å²) in [6.45, 7) is 11.3. The average molecular weight is 451 g/mol. The van der Waals surface area contributed by atoms with Gasteiger partial charge in [0.05, 0.1) is 18.8 Å². The third kappa shape index (κ3) is 6.32. The Balaban J connectivity index is 1.12. The van der Waals surface area contributed by atoms with Gasteiger partial charge in [0.1, 0.15) is 0 Å². The summed E-state index contributed by atoms with van der Waals surface area (Å²) in [5.41, 5.74) is 1.13. The molecule has 3 atom stereocenters. The lowest BCUT2D eigenvalue weighted by atomic mass is 9.88. The molecule has 5 nitrogen and oxygen atoms in total. The summed E-state index contributed by atoms with van der Waals surface area (Å²) >= 11 is 0. The average Bonchev–Trinajstić information content (AvgIpc) is 3.31. The number of rotatable bonds is 11. The fourth-order valence-corrected chi connectivity index (χ4v) is 13.9. The molecule has 1 aliphatic carbocycles. The van der Waals surface area contributed by atoms with Gasteiger partial charge < -0.3 is 23.1 Å². The Labute approximate surface area is 183 Å². The van der Waals surface area contributed by atoms with Gasteiger partial charge in [-0.2, -0.15) is 0 Å². The zero-order chi connectivity index (χ0) is 21.2. The molecule has 0 radical (unpaired) electrons. The van der Waals surface area contributed by atoms with E-state index in [0.29, 0.717) is 25.6 Å². The van der Waals surface area contributed by atoms with Gasteiger partial charge in [-0.05, 0) is 87.6 Å². The predicted molar refractivity (Wildman–Crippen MR) is 123 cm³/mol. The van der Waals surface area contributed by atoms with Crippen LogP contribution in [0.1, 0.15) is 37.7 Å². The highest BCUT2D eigenvalue weighted by molar-refractivity contribution is 6.84. The zero-order valence-corrected chi connectivity index (χ0v) is 21.1. The van der Waals surface area contributed by atoms with Crippen LogP contribution in [-0.2, 0) is 20.2 Å². The Morgan fingerprint density at radius 2 is 1.77 bits per heavy atom. The first-order valence-corrected chi connectivity index (χ1v) is 17.8. The van der Waals surface area contributed by atoms with Crippen LogP contribution in [-0.4, -0.2) is 42.2 Å². The third-order valence-corrected chi connectivity index (χ3v) is 14.1. The molecule has 0 aromatic heterocycles. The third-order valence-electron chi connectivity index (χ3n) is 6.59. The van der Waals surface area contributed by atoms with Gasteiger partial charge in [0.15, 0.2) is 28.1 Å². The van der Waals surface area contributed by atoms with Gasteiger partial charge >= 0.3 is 0 Å². The second-order valence-corrected chi connectivity index (χ2v) is 19.3. The molecule has 30 heavy (non-hydrogen) atoms. The second-order valence-electron chi connectivity index (χ2n) is 10.4. The Morgan fingerprint density at radius 1 is 0.967 bits per heavy atom. The molecule has 1 saturated heterocycles. The van der Waals surface area contributed by atoms with Crippen LogP contribution in [0.15, 0.2) is 18.2 Å². The molecule has 4 rings (SSSR count). The molecule has 2 fully saturated rings. The van der Waals surface area contributed by atoms with E-state index in [2.05, 4.69) is 26.2 Å². The molecular weight excluding hydrogens is 412 g/mol. The summed E-state index contributed by atoms with van der Waals surface area (Å²) in [5, 5.41) is 0. The number of epoxide rings is 1. The van der Waals surface area contributed by atoms with E-state index in [-0.39, 0.29) is 0 Å². The van der Waals surface area contributed by atoms with E-state index in [4.69, 9.17) is 23.1 Å². The molecule has 1 aromatic carbocycles. The molecule has 0 N–H and O–H groups in total. The molecule has 2 heterocycles. The first-order valence-electron chi connectivity index (χ1n) is 11.6. The molecule has 2 aliphatic heterocycles. The van der Waals surface area contributed by atoms with Crippen LogP contribution < -0.4 is 9.47 Å². The Kier molecular flexibility index (Phi) is 6.94. The topological polar surface area (TPSA) is 49.5 Å². The molecule has 0 bridgehead atoms. The molecule has 3 aliphatic rings. The normalized spacial score (nSPS) is 25.3. The quantitative estimate of drug-likeness (QED) is 0.246. The highest BCUT2D eigenvalue weighted by Crippen LogP contribution is 2.42. The van der Waals surface area contributed by atoms with Crippen LogP contribution in [0.3, 0.4) is 0 Å². The van der Waals surface area contributed by atoms with Crippen LogP contribution >= 0.6 is 0 Å². The van der Waals surface area contributed by atoms with Crippen molar-refractivity contribution in [3.63, 3.8) is 0 Å². The lowest BCUT2D eigenvalue weighted by Crippen LogP contribution is -2.44. The summed E-state index contributed by atoms with van der Waals surface area (Å²) in [7, 11) is -3.26. The van der Waals surface area contributed by atoms with E-state index in [1.807, 2.05) is 18.2 Å². The first kappa shape index (κ1) is 22.3. The fourth-order valence-electron chi connectivity index (χ4n) is 4.97. The lowest BCUT2D eigenvalue weighted by molar-refractivity contribution is 0.120. The number of ether oxygens (including phenoxy) is 4. The van der Waals surface area contributed by atoms with Crippen molar-refractivity contribution < 1.29 is 23.1 Å². The van der Waals surface area contributed by atoms with Crippen molar-refractivity contribution >= 4 is 16.6 Å². The highest BCUT2D eigenvalue weighted by Gasteiger charge is 2.44. The van der Waals surface area contributed by atoms with Crippen LogP contribution in [0.25, 0.3) is 0 Å². The molecule has 168 valence electrons. The monoisotopic (exact) mass is 450 g/mol. The van der Waals surface area contributed by atoms with Gasteiger partial charge in [0.2, 0.25) is 6.79 Å². The number of hydrogen-bond acceptors (Lipinski definition) is 5. The molecule has 0 spiro atoms. The van der Waals surface area contributed by atoms with Crippen molar-refractivity contribution in [2.45, 2.75) is 89.2 Å². The van der Waals surface area contributed by atoms with Gasteiger partial charge in [-0.25, -0.2) is 0 Å².